The van der Waals surface area contributed by atoms with E-state index in [0.29, 0.717) is 38.9 Å². The number of thiol groups is 1. The van der Waals surface area contributed by atoms with Crippen molar-refractivity contribution in [2.45, 2.75) is 112 Å². The second kappa shape index (κ2) is 10.8. The predicted molar refractivity (Wildman–Crippen MR) is 170 cm³/mol. The Kier molecular flexibility index (Phi) is 7.67. The molecule has 7 rings (SSSR count). The highest BCUT2D eigenvalue weighted by molar-refractivity contribution is 7.80. The first-order valence-corrected chi connectivity index (χ1v) is 17.1. The average molecular weight is 679 g/mol. The third kappa shape index (κ3) is 5.05. The molecule has 1 saturated heterocycles. The lowest BCUT2D eigenvalue weighted by atomic mass is 9.49. The lowest BCUT2D eigenvalue weighted by Crippen LogP contribution is -2.65. The van der Waals surface area contributed by atoms with Crippen molar-refractivity contribution >= 4 is 12.6 Å². The van der Waals surface area contributed by atoms with E-state index in [4.69, 9.17) is 9.47 Å². The Morgan fingerprint density at radius 3 is 2.00 bits per heavy atom. The van der Waals surface area contributed by atoms with Crippen molar-refractivity contribution in [3.8, 4) is 11.1 Å². The summed E-state index contributed by atoms with van der Waals surface area (Å²) in [7, 11) is 0. The van der Waals surface area contributed by atoms with Crippen LogP contribution in [0.3, 0.4) is 0 Å². The Labute approximate surface area is 278 Å². The lowest BCUT2D eigenvalue weighted by Gasteiger charge is -2.59. The number of fused-ring (bicyclic) bond motifs is 4. The van der Waals surface area contributed by atoms with Crippen LogP contribution < -0.4 is 0 Å². The number of alkyl halides is 5. The van der Waals surface area contributed by atoms with Gasteiger partial charge in [0.1, 0.15) is 5.60 Å². The van der Waals surface area contributed by atoms with Gasteiger partial charge in [-0.05, 0) is 84.8 Å². The third-order valence-corrected chi connectivity index (χ3v) is 12.7. The molecule has 1 heterocycles. The fourth-order valence-electron chi connectivity index (χ4n) is 9.87. The van der Waals surface area contributed by atoms with E-state index in [2.05, 4.69) is 26.5 Å². The van der Waals surface area contributed by atoms with Crippen molar-refractivity contribution in [2.75, 3.05) is 13.2 Å². The largest absolute Gasteiger partial charge is 0.456 e. The molecular formula is C37H43F5O4S. The van der Waals surface area contributed by atoms with Gasteiger partial charge in [-0.2, -0.15) is 22.0 Å². The number of allylic oxidation sites excluding steroid dienone is 1. The zero-order chi connectivity index (χ0) is 33.8. The Bertz CT molecular complexity index is 1560. The molecule has 1 aliphatic heterocycles. The molecule has 1 spiro atoms. The Morgan fingerprint density at radius 1 is 0.809 bits per heavy atom. The third-order valence-electron chi connectivity index (χ3n) is 12.4. The molecule has 10 heteroatoms. The minimum atomic E-state index is -5.89. The van der Waals surface area contributed by atoms with Gasteiger partial charge in [0.15, 0.2) is 5.79 Å². The summed E-state index contributed by atoms with van der Waals surface area (Å²) in [6.45, 7) is 6.55. The number of hydrogen-bond donors (Lipinski definition) is 3. The van der Waals surface area contributed by atoms with Crippen LogP contribution in [0.2, 0.25) is 0 Å². The number of halogens is 5. The van der Waals surface area contributed by atoms with Gasteiger partial charge in [0.25, 0.3) is 0 Å². The maximum absolute atomic E-state index is 15.4. The van der Waals surface area contributed by atoms with Gasteiger partial charge in [-0.3, -0.25) is 0 Å². The normalized spacial score (nSPS) is 36.5. The highest BCUT2D eigenvalue weighted by atomic mass is 32.1. The van der Waals surface area contributed by atoms with Crippen LogP contribution in [0.25, 0.3) is 11.1 Å². The fraction of sp³-hybridized carbons (Fsp3) is 0.622. The average Bonchev–Trinajstić information content (AvgIpc) is 3.29. The van der Waals surface area contributed by atoms with Gasteiger partial charge in [-0.25, -0.2) is 0 Å². The molecule has 4 fully saturated rings. The SMILES string of the molecule is CC1(C)COC2(CCC3=C4C(CC[C@@]3(O)C2)C2CC[C@@](O)(C(F)(F)C(F)(F)F)[C@@]2(C)C[C@@H]4c2ccc(-c3ccc(S)cc3)cc2)OC1. The summed E-state index contributed by atoms with van der Waals surface area (Å²) >= 11 is 4.36. The second-order valence-corrected chi connectivity index (χ2v) is 16.4. The van der Waals surface area contributed by atoms with Crippen molar-refractivity contribution in [3.63, 3.8) is 0 Å². The number of aliphatic hydroxyl groups is 2. The first kappa shape index (κ1) is 33.5. The summed E-state index contributed by atoms with van der Waals surface area (Å²) in [6.07, 6.45) is -4.61. The molecule has 256 valence electrons. The molecule has 4 aliphatic carbocycles. The molecule has 6 atom stereocenters. The molecule has 0 amide bonds. The zero-order valence-corrected chi connectivity index (χ0v) is 27.9. The fourth-order valence-corrected chi connectivity index (χ4v) is 10.0. The van der Waals surface area contributed by atoms with Gasteiger partial charge in [0.05, 0.1) is 18.8 Å². The van der Waals surface area contributed by atoms with Gasteiger partial charge in [-0.15, -0.1) is 12.6 Å². The van der Waals surface area contributed by atoms with Crippen LogP contribution in [0.1, 0.15) is 83.6 Å². The molecule has 0 radical (unpaired) electrons. The summed E-state index contributed by atoms with van der Waals surface area (Å²) in [5, 5.41) is 24.0. The van der Waals surface area contributed by atoms with Crippen molar-refractivity contribution in [1.29, 1.82) is 0 Å². The molecule has 2 N–H and O–H groups in total. The maximum Gasteiger partial charge on any atom is 0.456 e. The van der Waals surface area contributed by atoms with Crippen LogP contribution in [0.5, 0.6) is 0 Å². The van der Waals surface area contributed by atoms with Gasteiger partial charge < -0.3 is 19.7 Å². The van der Waals surface area contributed by atoms with Gasteiger partial charge >= 0.3 is 12.1 Å². The van der Waals surface area contributed by atoms with E-state index in [1.165, 1.54) is 6.92 Å². The topological polar surface area (TPSA) is 58.9 Å². The standard InChI is InChI=1S/C37H43F5O4S/c1-31(2)20-45-34(46-21-31)16-13-29-30-26(12-15-33(29,43)19-34)28-14-17-35(44,36(38,39)37(40,41)42)32(28,3)18-27(30)24-6-4-22(5-7-24)23-8-10-25(47)11-9-23/h4-11,26-28,43-44,47H,12-21H2,1-3H3/t26?,27-,28?,32+,33-,35+/m1/s1. The minimum absolute atomic E-state index is 0.0522. The minimum Gasteiger partial charge on any atom is -0.385 e. The molecule has 2 aromatic carbocycles. The molecule has 0 aromatic heterocycles. The zero-order valence-electron chi connectivity index (χ0n) is 27.0. The first-order chi connectivity index (χ1) is 21.8. The Morgan fingerprint density at radius 2 is 1.40 bits per heavy atom. The second-order valence-electron chi connectivity index (χ2n) is 15.9. The van der Waals surface area contributed by atoms with E-state index in [-0.39, 0.29) is 30.6 Å². The van der Waals surface area contributed by atoms with Crippen LogP contribution in [0.15, 0.2) is 64.6 Å². The number of ether oxygens (including phenoxy) is 2. The van der Waals surface area contributed by atoms with E-state index in [0.717, 1.165) is 32.7 Å². The Balaban J connectivity index is 1.32. The van der Waals surface area contributed by atoms with E-state index >= 15 is 8.78 Å². The molecule has 47 heavy (non-hydrogen) atoms. The molecule has 0 bridgehead atoms. The molecule has 2 unspecified atom stereocenters. The lowest BCUT2D eigenvalue weighted by molar-refractivity contribution is -0.362. The summed E-state index contributed by atoms with van der Waals surface area (Å²) in [5.41, 5.74) is -1.95. The smallest absolute Gasteiger partial charge is 0.385 e. The number of hydrogen-bond acceptors (Lipinski definition) is 5. The maximum atomic E-state index is 15.4. The Hall–Kier alpha value is -1.98. The quantitative estimate of drug-likeness (QED) is 0.173. The molecule has 4 nitrogen and oxygen atoms in total. The van der Waals surface area contributed by atoms with Gasteiger partial charge in [0.2, 0.25) is 0 Å². The van der Waals surface area contributed by atoms with E-state index in [1.807, 2.05) is 48.5 Å². The summed E-state index contributed by atoms with van der Waals surface area (Å²) in [6, 6.07) is 15.3. The van der Waals surface area contributed by atoms with E-state index in [1.54, 1.807) is 0 Å². The molecule has 3 saturated carbocycles. The van der Waals surface area contributed by atoms with Crippen molar-refractivity contribution < 1.29 is 41.6 Å². The summed E-state index contributed by atoms with van der Waals surface area (Å²) in [4.78, 5) is 0.821. The first-order valence-electron chi connectivity index (χ1n) is 16.6. The van der Waals surface area contributed by atoms with Crippen LogP contribution in [0, 0.1) is 22.7 Å². The summed E-state index contributed by atoms with van der Waals surface area (Å²) in [5.74, 6) is -7.71. The number of benzene rings is 2. The highest BCUT2D eigenvalue weighted by Crippen LogP contribution is 2.71. The van der Waals surface area contributed by atoms with Crippen molar-refractivity contribution in [2.24, 2.45) is 22.7 Å². The van der Waals surface area contributed by atoms with Crippen LogP contribution in [-0.2, 0) is 9.47 Å². The van der Waals surface area contributed by atoms with Crippen molar-refractivity contribution in [1.82, 2.24) is 0 Å². The van der Waals surface area contributed by atoms with Gasteiger partial charge in [-0.1, -0.05) is 62.7 Å². The monoisotopic (exact) mass is 678 g/mol. The number of rotatable bonds is 3. The van der Waals surface area contributed by atoms with Crippen LogP contribution in [0.4, 0.5) is 22.0 Å². The molecule has 5 aliphatic rings. The molecule has 2 aromatic rings. The van der Waals surface area contributed by atoms with Crippen LogP contribution >= 0.6 is 12.6 Å². The highest BCUT2D eigenvalue weighted by Gasteiger charge is 2.79. The van der Waals surface area contributed by atoms with Crippen LogP contribution in [-0.4, -0.2) is 52.5 Å². The molecular weight excluding hydrogens is 635 g/mol. The van der Waals surface area contributed by atoms with E-state index in [9.17, 15) is 23.4 Å². The summed E-state index contributed by atoms with van der Waals surface area (Å²) < 4.78 is 85.2. The van der Waals surface area contributed by atoms with Crippen molar-refractivity contribution in [3.05, 3.63) is 65.2 Å². The predicted octanol–water partition coefficient (Wildman–Crippen LogP) is 8.87. The van der Waals surface area contributed by atoms with Gasteiger partial charge in [0, 0.05) is 34.5 Å². The van der Waals surface area contributed by atoms with E-state index < -0.39 is 52.8 Å².